The molecule has 8 nitrogen and oxygen atoms in total. The molecule has 2 atom stereocenters. The number of carboxylic acids is 2. The molecule has 1 unspecified atom stereocenters. The molecule has 0 heterocycles. The highest BCUT2D eigenvalue weighted by molar-refractivity contribution is 5.67. The fourth-order valence-electron chi connectivity index (χ4n) is 1.41. The fourth-order valence-corrected chi connectivity index (χ4v) is 1.41. The highest BCUT2D eigenvalue weighted by Gasteiger charge is 2.06. The van der Waals surface area contributed by atoms with Gasteiger partial charge in [0.15, 0.2) is 0 Å². The topological polar surface area (TPSA) is 179 Å². The van der Waals surface area contributed by atoms with Crippen LogP contribution in [0.3, 0.4) is 0 Å². The zero-order valence-corrected chi connectivity index (χ0v) is 11.8. The van der Waals surface area contributed by atoms with E-state index in [0.29, 0.717) is 25.9 Å². The Kier molecular flexibility index (Phi) is 15.0. The van der Waals surface area contributed by atoms with Gasteiger partial charge in [0.1, 0.15) is 0 Å². The molecule has 0 radical (unpaired) electrons. The molecule has 8 heteroatoms. The van der Waals surface area contributed by atoms with E-state index >= 15 is 0 Å². The molecule has 0 spiro atoms. The number of aliphatic carboxylic acids is 2. The molecule has 0 aliphatic heterocycles. The second-order valence-electron chi connectivity index (χ2n) is 4.58. The predicted molar refractivity (Wildman–Crippen MR) is 77.0 cm³/mol. The first-order valence-corrected chi connectivity index (χ1v) is 6.68. The van der Waals surface area contributed by atoms with E-state index < -0.39 is 11.9 Å². The second kappa shape index (κ2) is 14.2. The van der Waals surface area contributed by atoms with E-state index in [9.17, 15) is 9.59 Å². The van der Waals surface area contributed by atoms with Gasteiger partial charge in [-0.15, -0.1) is 0 Å². The molecule has 20 heavy (non-hydrogen) atoms. The summed E-state index contributed by atoms with van der Waals surface area (Å²) in [5.41, 5.74) is 21.3. The van der Waals surface area contributed by atoms with Crippen molar-refractivity contribution in [1.29, 1.82) is 0 Å². The van der Waals surface area contributed by atoms with Crippen molar-refractivity contribution in [2.75, 3.05) is 13.1 Å². The van der Waals surface area contributed by atoms with Gasteiger partial charge in [-0.1, -0.05) is 0 Å². The first-order valence-electron chi connectivity index (χ1n) is 6.68. The van der Waals surface area contributed by atoms with Gasteiger partial charge in [0, 0.05) is 12.1 Å². The Bertz CT molecular complexity index is 238. The van der Waals surface area contributed by atoms with E-state index in [4.69, 9.17) is 33.1 Å². The molecule has 0 aromatic heterocycles. The van der Waals surface area contributed by atoms with E-state index in [1.165, 1.54) is 0 Å². The van der Waals surface area contributed by atoms with Gasteiger partial charge in [0.2, 0.25) is 0 Å². The summed E-state index contributed by atoms with van der Waals surface area (Å²) in [6.07, 6.45) is 3.08. The van der Waals surface area contributed by atoms with Crippen LogP contribution in [0.15, 0.2) is 0 Å². The van der Waals surface area contributed by atoms with Crippen molar-refractivity contribution in [3.05, 3.63) is 0 Å². The molecule has 0 amide bonds. The summed E-state index contributed by atoms with van der Waals surface area (Å²) in [4.78, 5) is 20.1. The molecule has 0 aliphatic rings. The Morgan fingerprint density at radius 2 is 1.10 bits per heavy atom. The van der Waals surface area contributed by atoms with Crippen molar-refractivity contribution < 1.29 is 19.8 Å². The van der Waals surface area contributed by atoms with Crippen molar-refractivity contribution >= 4 is 11.9 Å². The third-order valence-corrected chi connectivity index (χ3v) is 2.43. The molecule has 0 bridgehead atoms. The molecule has 0 saturated heterocycles. The van der Waals surface area contributed by atoms with E-state index in [2.05, 4.69) is 0 Å². The Morgan fingerprint density at radius 3 is 1.30 bits per heavy atom. The van der Waals surface area contributed by atoms with Gasteiger partial charge < -0.3 is 33.1 Å². The molecule has 0 aromatic rings. The number of hydrogen-bond donors (Lipinski definition) is 6. The largest absolute Gasteiger partial charge is 0.481 e. The monoisotopic (exact) mass is 292 g/mol. The summed E-state index contributed by atoms with van der Waals surface area (Å²) in [6, 6.07) is -0.470. The molecule has 0 aromatic carbocycles. The minimum atomic E-state index is -0.843. The molecule has 0 rings (SSSR count). The van der Waals surface area contributed by atoms with Crippen molar-refractivity contribution in [3.8, 4) is 0 Å². The van der Waals surface area contributed by atoms with Gasteiger partial charge in [0.05, 0.1) is 12.8 Å². The summed E-state index contributed by atoms with van der Waals surface area (Å²) in [7, 11) is 0. The summed E-state index contributed by atoms with van der Waals surface area (Å²) >= 11 is 0. The maximum Gasteiger partial charge on any atom is 0.304 e. The van der Waals surface area contributed by atoms with Crippen LogP contribution in [0, 0.1) is 0 Å². The number of rotatable bonds is 10. The summed E-state index contributed by atoms with van der Waals surface area (Å²) in [6.45, 7) is 1.15. The van der Waals surface area contributed by atoms with Crippen molar-refractivity contribution in [3.63, 3.8) is 0 Å². The first-order chi connectivity index (χ1) is 9.33. The number of carboxylic acid groups (broad SMARTS) is 2. The van der Waals surface area contributed by atoms with Crippen molar-refractivity contribution in [1.82, 2.24) is 0 Å². The Hall–Kier alpha value is -1.22. The molecule has 120 valence electrons. The lowest BCUT2D eigenvalue weighted by Crippen LogP contribution is -2.24. The summed E-state index contributed by atoms with van der Waals surface area (Å²) < 4.78 is 0. The van der Waals surface area contributed by atoms with Crippen LogP contribution in [-0.2, 0) is 9.59 Å². The minimum Gasteiger partial charge on any atom is -0.481 e. The van der Waals surface area contributed by atoms with E-state index in [-0.39, 0.29) is 24.9 Å². The number of carbonyl (C=O) groups is 2. The maximum absolute atomic E-state index is 10.1. The lowest BCUT2D eigenvalue weighted by Gasteiger charge is -2.05. The van der Waals surface area contributed by atoms with E-state index in [0.717, 1.165) is 12.8 Å². The predicted octanol–water partition coefficient (Wildman–Crippen LogP) is -0.945. The summed E-state index contributed by atoms with van der Waals surface area (Å²) in [5.74, 6) is -1.69. The molecule has 0 saturated carbocycles. The molecular formula is C12H28N4O4. The van der Waals surface area contributed by atoms with Gasteiger partial charge in [-0.25, -0.2) is 0 Å². The van der Waals surface area contributed by atoms with Crippen molar-refractivity contribution in [2.24, 2.45) is 22.9 Å². The SMILES string of the molecule is NCCCC(N)CC(=O)O.NCCC[C@@H](N)CC(=O)O. The van der Waals surface area contributed by atoms with E-state index in [1.807, 2.05) is 0 Å². The molecule has 0 aliphatic carbocycles. The summed E-state index contributed by atoms with van der Waals surface area (Å²) in [5, 5.41) is 16.5. The molecular weight excluding hydrogens is 264 g/mol. The van der Waals surface area contributed by atoms with Crippen LogP contribution < -0.4 is 22.9 Å². The normalized spacial score (nSPS) is 13.0. The van der Waals surface area contributed by atoms with Crippen LogP contribution in [0.1, 0.15) is 38.5 Å². The van der Waals surface area contributed by atoms with Crippen LogP contribution in [-0.4, -0.2) is 47.3 Å². The van der Waals surface area contributed by atoms with Crippen LogP contribution in [0.2, 0.25) is 0 Å². The first kappa shape index (κ1) is 21.1. The van der Waals surface area contributed by atoms with Gasteiger partial charge in [-0.05, 0) is 38.8 Å². The third kappa shape index (κ3) is 19.1. The maximum atomic E-state index is 10.1. The standard InChI is InChI=1S/2C6H14N2O2/c2*7-3-1-2-5(8)4-6(9)10/h2*5H,1-4,7-8H2,(H,9,10)/t5-;/m1./s1. The van der Waals surface area contributed by atoms with Crippen molar-refractivity contribution in [2.45, 2.75) is 50.6 Å². The fraction of sp³-hybridized carbons (Fsp3) is 0.833. The lowest BCUT2D eigenvalue weighted by molar-refractivity contribution is -0.138. The highest BCUT2D eigenvalue weighted by atomic mass is 16.4. The van der Waals surface area contributed by atoms with Gasteiger partial charge >= 0.3 is 11.9 Å². The highest BCUT2D eigenvalue weighted by Crippen LogP contribution is 1.97. The molecule has 0 fully saturated rings. The lowest BCUT2D eigenvalue weighted by atomic mass is 10.1. The Labute approximate surface area is 119 Å². The zero-order valence-electron chi connectivity index (χ0n) is 11.8. The zero-order chi connectivity index (χ0) is 16.0. The average molecular weight is 292 g/mol. The van der Waals surface area contributed by atoms with Gasteiger partial charge in [0.25, 0.3) is 0 Å². The minimum absolute atomic E-state index is 0.0417. The third-order valence-electron chi connectivity index (χ3n) is 2.43. The van der Waals surface area contributed by atoms with Crippen LogP contribution in [0.25, 0.3) is 0 Å². The average Bonchev–Trinajstić information content (AvgIpc) is 2.33. The Morgan fingerprint density at radius 1 is 0.800 bits per heavy atom. The van der Waals surface area contributed by atoms with Gasteiger partial charge in [-0.2, -0.15) is 0 Å². The van der Waals surface area contributed by atoms with Crippen LogP contribution in [0.5, 0.6) is 0 Å². The number of hydrogen-bond acceptors (Lipinski definition) is 6. The number of nitrogens with two attached hydrogens (primary N) is 4. The van der Waals surface area contributed by atoms with Crippen LogP contribution in [0.4, 0.5) is 0 Å². The Balaban J connectivity index is 0. The quantitative estimate of drug-likeness (QED) is 0.298. The van der Waals surface area contributed by atoms with Crippen LogP contribution >= 0.6 is 0 Å². The van der Waals surface area contributed by atoms with Gasteiger partial charge in [-0.3, -0.25) is 9.59 Å². The second-order valence-corrected chi connectivity index (χ2v) is 4.58. The van der Waals surface area contributed by atoms with E-state index in [1.54, 1.807) is 0 Å². The smallest absolute Gasteiger partial charge is 0.304 e. The molecule has 10 N–H and O–H groups in total.